The number of hydrogen-bond donors (Lipinski definition) is 3. The van der Waals surface area contributed by atoms with Crippen LogP contribution in [-0.4, -0.2) is 47.0 Å². The molecule has 0 radical (unpaired) electrons. The number of H-pyrrole nitrogens is 1. The van der Waals surface area contributed by atoms with Crippen LogP contribution in [0.2, 0.25) is 0 Å². The Labute approximate surface area is 198 Å². The van der Waals surface area contributed by atoms with E-state index in [-0.39, 0.29) is 41.7 Å². The molecule has 1 aliphatic heterocycles. The number of carbonyl (C=O) groups excluding carboxylic acids is 2. The quantitative estimate of drug-likeness (QED) is 0.393. The van der Waals surface area contributed by atoms with Gasteiger partial charge in [0.25, 0.3) is 0 Å². The number of aromatic nitrogens is 1. The van der Waals surface area contributed by atoms with Crippen molar-refractivity contribution in [3.05, 3.63) is 29.5 Å². The van der Waals surface area contributed by atoms with Gasteiger partial charge in [-0.15, -0.1) is 0 Å². The Morgan fingerprint density at radius 1 is 1.24 bits per heavy atom. The fourth-order valence-corrected chi connectivity index (χ4v) is 4.97. The van der Waals surface area contributed by atoms with E-state index in [1.807, 2.05) is 18.3 Å². The minimum absolute atomic E-state index is 0.0456. The number of anilines is 1. The maximum Gasteiger partial charge on any atom is 0.243 e. The molecule has 1 amide bonds. The van der Waals surface area contributed by atoms with Crippen molar-refractivity contribution in [1.82, 2.24) is 10.3 Å². The molecule has 6 heteroatoms. The van der Waals surface area contributed by atoms with E-state index in [1.54, 1.807) is 0 Å². The molecule has 3 N–H and O–H groups in total. The van der Waals surface area contributed by atoms with Crippen LogP contribution in [0.3, 0.4) is 0 Å². The van der Waals surface area contributed by atoms with Crippen molar-refractivity contribution < 1.29 is 14.7 Å². The maximum atomic E-state index is 13.4. The SMILES string of the molecule is CCCCCN1c2ccc(C(=O)CC(C)(C)C)c3[nH]cc(c23)C[C@@H](CO)NC(=O)[C@@H]1C(C)C. The monoisotopic (exact) mass is 455 g/mol. The topological polar surface area (TPSA) is 85.4 Å². The summed E-state index contributed by atoms with van der Waals surface area (Å²) in [5.74, 6) is 0.160. The molecule has 2 heterocycles. The van der Waals surface area contributed by atoms with Gasteiger partial charge in [-0.3, -0.25) is 9.59 Å². The van der Waals surface area contributed by atoms with Crippen molar-refractivity contribution in [2.45, 2.75) is 85.7 Å². The third kappa shape index (κ3) is 5.60. The summed E-state index contributed by atoms with van der Waals surface area (Å²) in [6.45, 7) is 13.2. The minimum Gasteiger partial charge on any atom is -0.394 e. The van der Waals surface area contributed by atoms with Gasteiger partial charge in [0, 0.05) is 35.8 Å². The fourth-order valence-electron chi connectivity index (χ4n) is 4.97. The Hall–Kier alpha value is -2.34. The molecule has 0 fully saturated rings. The predicted octanol–water partition coefficient (Wildman–Crippen LogP) is 4.84. The Balaban J connectivity index is 2.21. The Morgan fingerprint density at radius 2 is 1.97 bits per heavy atom. The van der Waals surface area contributed by atoms with E-state index in [4.69, 9.17) is 0 Å². The van der Waals surface area contributed by atoms with Gasteiger partial charge in [0.15, 0.2) is 5.78 Å². The lowest BCUT2D eigenvalue weighted by atomic mass is 9.87. The van der Waals surface area contributed by atoms with Crippen molar-refractivity contribution in [1.29, 1.82) is 0 Å². The van der Waals surface area contributed by atoms with Crippen molar-refractivity contribution in [2.75, 3.05) is 18.1 Å². The fraction of sp³-hybridized carbons (Fsp3) is 0.630. The van der Waals surface area contributed by atoms with Crippen LogP contribution < -0.4 is 10.2 Å². The van der Waals surface area contributed by atoms with Crippen LogP contribution in [0.5, 0.6) is 0 Å². The maximum absolute atomic E-state index is 13.4. The highest BCUT2D eigenvalue weighted by Gasteiger charge is 2.34. The molecule has 0 bridgehead atoms. The number of aliphatic hydroxyl groups excluding tert-OH is 1. The number of aromatic amines is 1. The highest BCUT2D eigenvalue weighted by atomic mass is 16.3. The molecule has 1 aliphatic rings. The number of carbonyl (C=O) groups is 2. The zero-order chi connectivity index (χ0) is 24.3. The van der Waals surface area contributed by atoms with Crippen LogP contribution in [-0.2, 0) is 11.2 Å². The molecule has 0 spiro atoms. The molecule has 182 valence electrons. The first-order valence-electron chi connectivity index (χ1n) is 12.4. The van der Waals surface area contributed by atoms with Gasteiger partial charge in [-0.2, -0.15) is 0 Å². The number of unbranched alkanes of at least 4 members (excludes halogenated alkanes) is 2. The van der Waals surface area contributed by atoms with Crippen LogP contribution >= 0.6 is 0 Å². The summed E-state index contributed by atoms with van der Waals surface area (Å²) in [4.78, 5) is 32.2. The summed E-state index contributed by atoms with van der Waals surface area (Å²) in [5, 5.41) is 14.1. The molecule has 0 unspecified atom stereocenters. The van der Waals surface area contributed by atoms with E-state index < -0.39 is 0 Å². The van der Waals surface area contributed by atoms with E-state index in [0.29, 0.717) is 18.4 Å². The Bertz CT molecular complexity index is 986. The summed E-state index contributed by atoms with van der Waals surface area (Å²) in [6.07, 6.45) is 6.10. The van der Waals surface area contributed by atoms with E-state index in [0.717, 1.165) is 48.0 Å². The van der Waals surface area contributed by atoms with Gasteiger partial charge in [-0.05, 0) is 41.9 Å². The molecule has 0 saturated heterocycles. The van der Waals surface area contributed by atoms with Crippen LogP contribution in [0, 0.1) is 11.3 Å². The highest BCUT2D eigenvalue weighted by molar-refractivity contribution is 6.11. The van der Waals surface area contributed by atoms with E-state index in [2.05, 4.69) is 56.7 Å². The average Bonchev–Trinajstić information content (AvgIpc) is 3.15. The van der Waals surface area contributed by atoms with Crippen molar-refractivity contribution >= 4 is 28.3 Å². The second-order valence-electron chi connectivity index (χ2n) is 11.0. The summed E-state index contributed by atoms with van der Waals surface area (Å²) in [6, 6.07) is 3.24. The van der Waals surface area contributed by atoms with Gasteiger partial charge in [0.2, 0.25) is 5.91 Å². The number of nitrogens with one attached hydrogen (secondary N) is 2. The lowest BCUT2D eigenvalue weighted by Gasteiger charge is -2.36. The lowest BCUT2D eigenvalue weighted by Crippen LogP contribution is -2.53. The van der Waals surface area contributed by atoms with Crippen molar-refractivity contribution in [3.8, 4) is 0 Å². The van der Waals surface area contributed by atoms with Crippen LogP contribution in [0.15, 0.2) is 18.3 Å². The predicted molar refractivity (Wildman–Crippen MR) is 135 cm³/mol. The molecule has 6 nitrogen and oxygen atoms in total. The first kappa shape index (κ1) is 25.3. The second-order valence-corrected chi connectivity index (χ2v) is 11.0. The molecule has 0 aliphatic carbocycles. The summed E-state index contributed by atoms with van der Waals surface area (Å²) < 4.78 is 0. The van der Waals surface area contributed by atoms with Gasteiger partial charge < -0.3 is 20.3 Å². The van der Waals surface area contributed by atoms with Gasteiger partial charge in [0.05, 0.1) is 18.2 Å². The molecule has 3 rings (SSSR count). The van der Waals surface area contributed by atoms with Crippen LogP contribution in [0.4, 0.5) is 5.69 Å². The van der Waals surface area contributed by atoms with Gasteiger partial charge in [-0.1, -0.05) is 54.4 Å². The van der Waals surface area contributed by atoms with E-state index >= 15 is 0 Å². The summed E-state index contributed by atoms with van der Waals surface area (Å²) in [7, 11) is 0. The van der Waals surface area contributed by atoms with Gasteiger partial charge in [0.1, 0.15) is 6.04 Å². The largest absolute Gasteiger partial charge is 0.394 e. The zero-order valence-electron chi connectivity index (χ0n) is 21.1. The van der Waals surface area contributed by atoms with Gasteiger partial charge >= 0.3 is 0 Å². The van der Waals surface area contributed by atoms with E-state index in [1.165, 1.54) is 0 Å². The van der Waals surface area contributed by atoms with Crippen LogP contribution in [0.25, 0.3) is 10.9 Å². The third-order valence-corrected chi connectivity index (χ3v) is 6.47. The Kier molecular flexibility index (Phi) is 7.88. The first-order chi connectivity index (χ1) is 15.6. The second kappa shape index (κ2) is 10.3. The summed E-state index contributed by atoms with van der Waals surface area (Å²) >= 11 is 0. The average molecular weight is 456 g/mol. The summed E-state index contributed by atoms with van der Waals surface area (Å²) in [5.41, 5.74) is 3.45. The number of ketones is 1. The number of amides is 1. The van der Waals surface area contributed by atoms with Crippen LogP contribution in [0.1, 0.15) is 83.1 Å². The molecule has 1 aromatic carbocycles. The number of Topliss-reactive ketones (excluding diaryl/α,β-unsaturated/α-hetero) is 1. The molecular formula is C27H41N3O3. The van der Waals surface area contributed by atoms with Crippen molar-refractivity contribution in [3.63, 3.8) is 0 Å². The number of aliphatic hydroxyl groups is 1. The Morgan fingerprint density at radius 3 is 2.58 bits per heavy atom. The standard InChI is InChI=1S/C27H41N3O3/c1-7-8-9-12-30-21-11-10-20(22(32)14-27(4,5)6)24-23(21)18(15-28-24)13-19(16-31)29-26(33)25(30)17(2)3/h10-11,15,17,19,25,28,31H,7-9,12-14,16H2,1-6H3,(H,29,33)/t19-,25-/m0/s1. The minimum atomic E-state index is -0.366. The smallest absolute Gasteiger partial charge is 0.243 e. The number of benzene rings is 1. The first-order valence-corrected chi connectivity index (χ1v) is 12.4. The molecule has 2 atom stereocenters. The molecule has 0 saturated carbocycles. The molecule has 1 aromatic heterocycles. The van der Waals surface area contributed by atoms with Gasteiger partial charge in [-0.25, -0.2) is 0 Å². The lowest BCUT2D eigenvalue weighted by molar-refractivity contribution is -0.124. The third-order valence-electron chi connectivity index (χ3n) is 6.47. The normalized spacial score (nSPS) is 19.4. The number of rotatable bonds is 8. The molecule has 33 heavy (non-hydrogen) atoms. The molecular weight excluding hydrogens is 414 g/mol. The molecule has 2 aromatic rings. The number of nitrogens with zero attached hydrogens (tertiary/aromatic N) is 1. The number of hydrogen-bond acceptors (Lipinski definition) is 4. The van der Waals surface area contributed by atoms with Crippen molar-refractivity contribution in [2.24, 2.45) is 11.3 Å². The highest BCUT2D eigenvalue weighted by Crippen LogP contribution is 2.37. The van der Waals surface area contributed by atoms with E-state index in [9.17, 15) is 14.7 Å². The zero-order valence-corrected chi connectivity index (χ0v) is 21.1.